The monoisotopic (exact) mass is 251 g/mol. The topological polar surface area (TPSA) is 56.1 Å². The Morgan fingerprint density at radius 2 is 2.33 bits per heavy atom. The van der Waals surface area contributed by atoms with Crippen LogP contribution >= 0.6 is 0 Å². The number of carbonyl (C=O) groups excluding carboxylic acids is 1. The van der Waals surface area contributed by atoms with E-state index in [9.17, 15) is 4.79 Å². The molecule has 0 bridgehead atoms. The number of hydrogen-bond donors (Lipinski definition) is 1. The van der Waals surface area contributed by atoms with Crippen molar-refractivity contribution in [3.05, 3.63) is 0 Å². The lowest BCUT2D eigenvalue weighted by atomic mass is 10.00. The van der Waals surface area contributed by atoms with E-state index in [4.69, 9.17) is 5.26 Å². The summed E-state index contributed by atoms with van der Waals surface area (Å²) >= 11 is 0. The van der Waals surface area contributed by atoms with E-state index in [0.717, 1.165) is 13.0 Å². The summed E-state index contributed by atoms with van der Waals surface area (Å²) in [4.78, 5) is 13.9. The van der Waals surface area contributed by atoms with Crippen LogP contribution in [0.5, 0.6) is 0 Å². The molecule has 0 spiro atoms. The fourth-order valence-electron chi connectivity index (χ4n) is 2.40. The molecule has 18 heavy (non-hydrogen) atoms. The fraction of sp³-hybridized carbons (Fsp3) is 0.857. The Hall–Kier alpha value is -1.08. The molecular weight excluding hydrogens is 226 g/mol. The van der Waals surface area contributed by atoms with Crippen molar-refractivity contribution in [3.63, 3.8) is 0 Å². The van der Waals surface area contributed by atoms with Crippen molar-refractivity contribution in [1.29, 1.82) is 5.26 Å². The van der Waals surface area contributed by atoms with Crippen LogP contribution in [0.3, 0.4) is 0 Å². The van der Waals surface area contributed by atoms with Crippen LogP contribution in [0.1, 0.15) is 46.0 Å². The summed E-state index contributed by atoms with van der Waals surface area (Å²) in [5.41, 5.74) is 0. The highest BCUT2D eigenvalue weighted by atomic mass is 16.2. The van der Waals surface area contributed by atoms with Gasteiger partial charge in [-0.25, -0.2) is 0 Å². The first-order chi connectivity index (χ1) is 8.67. The first-order valence-corrected chi connectivity index (χ1v) is 7.08. The molecule has 2 unspecified atom stereocenters. The molecule has 0 aliphatic carbocycles. The van der Waals surface area contributed by atoms with E-state index in [0.29, 0.717) is 25.6 Å². The molecule has 0 radical (unpaired) electrons. The van der Waals surface area contributed by atoms with E-state index in [-0.39, 0.29) is 11.8 Å². The van der Waals surface area contributed by atoms with Gasteiger partial charge in [-0.15, -0.1) is 0 Å². The van der Waals surface area contributed by atoms with Crippen LogP contribution < -0.4 is 5.32 Å². The summed E-state index contributed by atoms with van der Waals surface area (Å²) in [5, 5.41) is 12.3. The molecular formula is C14H25N3O. The second-order valence-corrected chi connectivity index (χ2v) is 5.15. The molecule has 0 aromatic carbocycles. The summed E-state index contributed by atoms with van der Waals surface area (Å²) < 4.78 is 0. The number of nitriles is 1. The Bertz CT molecular complexity index is 292. The summed E-state index contributed by atoms with van der Waals surface area (Å²) in [6.07, 6.45) is 5.24. The predicted molar refractivity (Wildman–Crippen MR) is 71.9 cm³/mol. The normalized spacial score (nSPS) is 21.1. The highest BCUT2D eigenvalue weighted by molar-refractivity contribution is 5.76. The average molecular weight is 251 g/mol. The maximum atomic E-state index is 12.1. The molecule has 1 N–H and O–H groups in total. The number of rotatable bonds is 6. The van der Waals surface area contributed by atoms with Gasteiger partial charge in [-0.3, -0.25) is 4.79 Å². The quantitative estimate of drug-likeness (QED) is 0.784. The van der Waals surface area contributed by atoms with Gasteiger partial charge in [-0.1, -0.05) is 6.42 Å². The van der Waals surface area contributed by atoms with E-state index in [1.165, 1.54) is 19.3 Å². The Labute approximate surface area is 110 Å². The molecule has 4 heteroatoms. The van der Waals surface area contributed by atoms with E-state index in [1.54, 1.807) is 4.90 Å². The van der Waals surface area contributed by atoms with Crippen molar-refractivity contribution in [2.45, 2.75) is 52.0 Å². The van der Waals surface area contributed by atoms with Gasteiger partial charge in [-0.2, -0.15) is 5.26 Å². The fourth-order valence-corrected chi connectivity index (χ4v) is 2.40. The molecule has 1 heterocycles. The number of nitrogens with one attached hydrogen (secondary N) is 1. The maximum absolute atomic E-state index is 12.1. The van der Waals surface area contributed by atoms with E-state index >= 15 is 0 Å². The van der Waals surface area contributed by atoms with Gasteiger partial charge in [0.1, 0.15) is 0 Å². The molecule has 1 rings (SSSR count). The Morgan fingerprint density at radius 3 is 2.89 bits per heavy atom. The molecule has 1 aliphatic rings. The number of hydrogen-bond acceptors (Lipinski definition) is 3. The lowest BCUT2D eigenvalue weighted by Crippen LogP contribution is -2.37. The van der Waals surface area contributed by atoms with Gasteiger partial charge >= 0.3 is 0 Å². The first kappa shape index (κ1) is 15.0. The summed E-state index contributed by atoms with van der Waals surface area (Å²) in [6, 6.07) is 2.69. The zero-order valence-corrected chi connectivity index (χ0v) is 11.6. The highest BCUT2D eigenvalue weighted by Gasteiger charge is 2.18. The number of nitrogens with zero attached hydrogens (tertiary/aromatic N) is 2. The van der Waals surface area contributed by atoms with Crippen LogP contribution in [0.15, 0.2) is 0 Å². The van der Waals surface area contributed by atoms with Gasteiger partial charge in [0.25, 0.3) is 0 Å². The molecule has 1 fully saturated rings. The van der Waals surface area contributed by atoms with Gasteiger partial charge in [0, 0.05) is 25.6 Å². The minimum atomic E-state index is -0.0818. The van der Waals surface area contributed by atoms with Crippen molar-refractivity contribution in [2.24, 2.45) is 5.92 Å². The molecule has 102 valence electrons. The lowest BCUT2D eigenvalue weighted by molar-refractivity contribution is -0.131. The van der Waals surface area contributed by atoms with Gasteiger partial charge in [0.2, 0.25) is 5.91 Å². The lowest BCUT2D eigenvalue weighted by Gasteiger charge is -2.26. The van der Waals surface area contributed by atoms with Gasteiger partial charge in [0.05, 0.1) is 12.0 Å². The zero-order chi connectivity index (χ0) is 13.4. The number of piperidine rings is 1. The molecule has 1 aliphatic heterocycles. The van der Waals surface area contributed by atoms with Crippen molar-refractivity contribution in [3.8, 4) is 6.07 Å². The molecule has 0 aromatic heterocycles. The zero-order valence-electron chi connectivity index (χ0n) is 11.6. The van der Waals surface area contributed by atoms with E-state index in [2.05, 4.69) is 11.4 Å². The predicted octanol–water partition coefficient (Wildman–Crippen LogP) is 1.92. The highest BCUT2D eigenvalue weighted by Crippen LogP contribution is 2.13. The largest absolute Gasteiger partial charge is 0.342 e. The summed E-state index contributed by atoms with van der Waals surface area (Å²) in [5.74, 6) is 0.105. The van der Waals surface area contributed by atoms with Crippen molar-refractivity contribution in [2.75, 3.05) is 19.6 Å². The Morgan fingerprint density at radius 1 is 1.56 bits per heavy atom. The van der Waals surface area contributed by atoms with E-state index in [1.807, 2.05) is 13.8 Å². The van der Waals surface area contributed by atoms with Gasteiger partial charge in [0.15, 0.2) is 0 Å². The summed E-state index contributed by atoms with van der Waals surface area (Å²) in [7, 11) is 0. The number of amides is 1. The van der Waals surface area contributed by atoms with Crippen molar-refractivity contribution < 1.29 is 4.79 Å². The standard InChI is InChI=1S/C14H25N3O/c1-3-17(11-12(2)10-15)14(18)8-7-13-6-4-5-9-16-13/h12-13,16H,3-9,11H2,1-2H3. The minimum absolute atomic E-state index is 0.0818. The Kier molecular flexibility index (Phi) is 6.74. The smallest absolute Gasteiger partial charge is 0.222 e. The van der Waals surface area contributed by atoms with Crippen LogP contribution in [0.25, 0.3) is 0 Å². The van der Waals surface area contributed by atoms with Crippen LogP contribution in [-0.4, -0.2) is 36.5 Å². The third-order valence-electron chi connectivity index (χ3n) is 3.57. The second kappa shape index (κ2) is 8.10. The van der Waals surface area contributed by atoms with Crippen molar-refractivity contribution >= 4 is 5.91 Å². The Balaban J connectivity index is 2.30. The van der Waals surface area contributed by atoms with Gasteiger partial charge in [-0.05, 0) is 39.7 Å². The van der Waals surface area contributed by atoms with Crippen molar-refractivity contribution in [1.82, 2.24) is 10.2 Å². The van der Waals surface area contributed by atoms with Crippen LogP contribution in [0, 0.1) is 17.2 Å². The molecule has 4 nitrogen and oxygen atoms in total. The molecule has 1 saturated heterocycles. The van der Waals surface area contributed by atoms with Crippen LogP contribution in [0.2, 0.25) is 0 Å². The number of carbonyl (C=O) groups is 1. The van der Waals surface area contributed by atoms with Crippen LogP contribution in [-0.2, 0) is 4.79 Å². The second-order valence-electron chi connectivity index (χ2n) is 5.15. The maximum Gasteiger partial charge on any atom is 0.222 e. The van der Waals surface area contributed by atoms with E-state index < -0.39 is 0 Å². The SMILES string of the molecule is CCN(CC(C)C#N)C(=O)CCC1CCCCN1. The molecule has 2 atom stereocenters. The first-order valence-electron chi connectivity index (χ1n) is 7.08. The minimum Gasteiger partial charge on any atom is -0.342 e. The molecule has 0 aromatic rings. The third-order valence-corrected chi connectivity index (χ3v) is 3.57. The van der Waals surface area contributed by atoms with Gasteiger partial charge < -0.3 is 10.2 Å². The average Bonchev–Trinajstić information content (AvgIpc) is 2.42. The van der Waals surface area contributed by atoms with Crippen LogP contribution in [0.4, 0.5) is 0 Å². The molecule has 0 saturated carbocycles. The third kappa shape index (κ3) is 5.05. The summed E-state index contributed by atoms with van der Waals surface area (Å²) in [6.45, 7) is 6.17. The molecule has 1 amide bonds.